The first-order valence-electron chi connectivity index (χ1n) is 13.0. The van der Waals surface area contributed by atoms with Gasteiger partial charge in [-0.05, 0) is 42.5 Å². The minimum absolute atomic E-state index is 0.0274. The number of hydrogen-bond donors (Lipinski definition) is 2. The van der Waals surface area contributed by atoms with Crippen molar-refractivity contribution >= 4 is 17.7 Å². The maximum Gasteiger partial charge on any atom is 0.573 e. The summed E-state index contributed by atoms with van der Waals surface area (Å²) in [6.45, 7) is 6.09. The zero-order valence-electron chi connectivity index (χ0n) is 21.5. The predicted octanol–water partition coefficient (Wildman–Crippen LogP) is 4.95. The minimum atomic E-state index is -4.75. The van der Waals surface area contributed by atoms with E-state index >= 15 is 0 Å². The molecule has 1 aromatic rings. The Morgan fingerprint density at radius 2 is 1.73 bits per heavy atom. The molecule has 11 heteroatoms. The molecule has 8 nitrogen and oxygen atoms in total. The number of ether oxygens (including phenoxy) is 3. The Balaban J connectivity index is 1.57. The van der Waals surface area contributed by atoms with Crippen LogP contribution in [0.25, 0.3) is 0 Å². The number of amides is 2. The van der Waals surface area contributed by atoms with Gasteiger partial charge in [-0.1, -0.05) is 46.0 Å². The fraction of sp³-hybridized carbons (Fsp3) is 0.692. The van der Waals surface area contributed by atoms with Crippen molar-refractivity contribution in [3.05, 3.63) is 24.3 Å². The van der Waals surface area contributed by atoms with E-state index in [-0.39, 0.29) is 23.6 Å². The molecule has 208 valence electrons. The van der Waals surface area contributed by atoms with Gasteiger partial charge in [-0.3, -0.25) is 4.79 Å². The van der Waals surface area contributed by atoms with E-state index in [1.807, 2.05) is 13.8 Å². The standard InChI is InChI=1S/C26H38F3N3O5/c1-18(2)22(17-30-20-8-10-21(11-9-20)37-26(27,28)29)31-25(34)36-23(16-19-6-4-3-5-7-19)24(33)32-12-14-35-15-13-32/h8-11,18-19,22-23,30H,3-7,12-17H2,1-2H3,(H,31,34)/t22-,23+/m1/s1. The number of nitrogens with zero attached hydrogens (tertiary/aromatic N) is 1. The van der Waals surface area contributed by atoms with Gasteiger partial charge in [0.1, 0.15) is 5.75 Å². The summed E-state index contributed by atoms with van der Waals surface area (Å²) in [5, 5.41) is 5.98. The van der Waals surface area contributed by atoms with E-state index in [0.29, 0.717) is 50.9 Å². The second kappa shape index (κ2) is 13.7. The van der Waals surface area contributed by atoms with Crippen LogP contribution < -0.4 is 15.4 Å². The van der Waals surface area contributed by atoms with Crippen LogP contribution in [0, 0.1) is 11.8 Å². The van der Waals surface area contributed by atoms with Crippen LogP contribution in [0.3, 0.4) is 0 Å². The lowest BCUT2D eigenvalue weighted by Crippen LogP contribution is -2.50. The topological polar surface area (TPSA) is 89.1 Å². The van der Waals surface area contributed by atoms with Gasteiger partial charge in [0.2, 0.25) is 0 Å². The maximum absolute atomic E-state index is 13.2. The first-order valence-corrected chi connectivity index (χ1v) is 13.0. The SMILES string of the molecule is CC(C)[C@@H](CNc1ccc(OC(F)(F)F)cc1)NC(=O)O[C@@H](CC1CCCCC1)C(=O)N1CCOCC1. The number of alkyl halides is 3. The number of nitrogens with one attached hydrogen (secondary N) is 2. The van der Waals surface area contributed by atoms with Crippen LogP contribution >= 0.6 is 0 Å². The van der Waals surface area contributed by atoms with Gasteiger partial charge in [-0.2, -0.15) is 0 Å². The molecule has 37 heavy (non-hydrogen) atoms. The van der Waals surface area contributed by atoms with Crippen LogP contribution in [-0.2, 0) is 14.3 Å². The molecule has 2 fully saturated rings. The fourth-order valence-electron chi connectivity index (χ4n) is 4.68. The van der Waals surface area contributed by atoms with Crippen molar-refractivity contribution in [2.75, 3.05) is 38.2 Å². The van der Waals surface area contributed by atoms with Crippen molar-refractivity contribution < 1.29 is 37.0 Å². The second-order valence-corrected chi connectivity index (χ2v) is 10.0. The van der Waals surface area contributed by atoms with E-state index in [1.165, 1.54) is 30.7 Å². The number of alkyl carbamates (subject to hydrolysis) is 1. The second-order valence-electron chi connectivity index (χ2n) is 10.0. The predicted molar refractivity (Wildman–Crippen MR) is 132 cm³/mol. The zero-order chi connectivity index (χ0) is 26.8. The average Bonchev–Trinajstić information content (AvgIpc) is 2.86. The molecule has 1 saturated heterocycles. The molecule has 0 radical (unpaired) electrons. The van der Waals surface area contributed by atoms with Crippen molar-refractivity contribution in [3.8, 4) is 5.75 Å². The summed E-state index contributed by atoms with van der Waals surface area (Å²) < 4.78 is 52.1. The number of halogens is 3. The molecular formula is C26H38F3N3O5. The Hall–Kier alpha value is -2.69. The Labute approximate surface area is 216 Å². The Kier molecular flexibility index (Phi) is 10.7. The van der Waals surface area contributed by atoms with Gasteiger partial charge in [0.25, 0.3) is 5.91 Å². The van der Waals surface area contributed by atoms with Gasteiger partial charge in [0.15, 0.2) is 6.10 Å². The Bertz CT molecular complexity index is 854. The first kappa shape index (κ1) is 28.9. The number of hydrogen-bond acceptors (Lipinski definition) is 6. The molecule has 2 aliphatic rings. The summed E-state index contributed by atoms with van der Waals surface area (Å²) in [4.78, 5) is 27.8. The largest absolute Gasteiger partial charge is 0.573 e. The molecule has 0 unspecified atom stereocenters. The molecule has 3 rings (SSSR count). The van der Waals surface area contributed by atoms with Gasteiger partial charge < -0.3 is 29.7 Å². The molecule has 1 aliphatic heterocycles. The molecule has 0 aromatic heterocycles. The lowest BCUT2D eigenvalue weighted by atomic mass is 9.85. The average molecular weight is 530 g/mol. The van der Waals surface area contributed by atoms with Crippen molar-refractivity contribution in [2.45, 2.75) is 70.9 Å². The lowest BCUT2D eigenvalue weighted by molar-refractivity contribution is -0.274. The summed E-state index contributed by atoms with van der Waals surface area (Å²) in [5.74, 6) is -0.110. The molecule has 2 N–H and O–H groups in total. The smallest absolute Gasteiger partial charge is 0.436 e. The third-order valence-electron chi connectivity index (χ3n) is 6.84. The van der Waals surface area contributed by atoms with E-state index in [2.05, 4.69) is 15.4 Å². The van der Waals surface area contributed by atoms with Crippen LogP contribution in [0.15, 0.2) is 24.3 Å². The number of anilines is 1. The van der Waals surface area contributed by atoms with Gasteiger partial charge in [-0.25, -0.2) is 4.79 Å². The van der Waals surface area contributed by atoms with E-state index in [1.54, 1.807) is 4.90 Å². The zero-order valence-corrected chi connectivity index (χ0v) is 21.5. The highest BCUT2D eigenvalue weighted by atomic mass is 19.4. The summed E-state index contributed by atoms with van der Waals surface area (Å²) in [6, 6.07) is 5.03. The minimum Gasteiger partial charge on any atom is -0.436 e. The number of morpholine rings is 1. The van der Waals surface area contributed by atoms with Gasteiger partial charge in [0.05, 0.1) is 19.3 Å². The molecule has 0 bridgehead atoms. The van der Waals surface area contributed by atoms with Crippen molar-refractivity contribution in [1.82, 2.24) is 10.2 Å². The number of carbonyl (C=O) groups excluding carboxylic acids is 2. The summed E-state index contributed by atoms with van der Waals surface area (Å²) in [7, 11) is 0. The Morgan fingerprint density at radius 3 is 2.32 bits per heavy atom. The number of rotatable bonds is 10. The van der Waals surface area contributed by atoms with E-state index in [4.69, 9.17) is 9.47 Å². The summed E-state index contributed by atoms with van der Waals surface area (Å²) in [5.41, 5.74) is 0.577. The molecule has 2 atom stereocenters. The number of carbonyl (C=O) groups is 2. The third-order valence-corrected chi connectivity index (χ3v) is 6.84. The van der Waals surface area contributed by atoms with E-state index in [9.17, 15) is 22.8 Å². The molecular weight excluding hydrogens is 491 g/mol. The maximum atomic E-state index is 13.2. The highest BCUT2D eigenvalue weighted by molar-refractivity contribution is 5.83. The van der Waals surface area contributed by atoms with Crippen LogP contribution in [0.5, 0.6) is 5.75 Å². The highest BCUT2D eigenvalue weighted by Crippen LogP contribution is 2.29. The summed E-state index contributed by atoms with van der Waals surface area (Å²) in [6.07, 6.45) is -0.229. The fourth-order valence-corrected chi connectivity index (χ4v) is 4.68. The van der Waals surface area contributed by atoms with Gasteiger partial charge in [0, 0.05) is 25.3 Å². The van der Waals surface area contributed by atoms with Crippen LogP contribution in [0.1, 0.15) is 52.4 Å². The van der Waals surface area contributed by atoms with E-state index < -0.39 is 18.6 Å². The monoisotopic (exact) mass is 529 g/mol. The third kappa shape index (κ3) is 9.94. The van der Waals surface area contributed by atoms with Crippen LogP contribution in [-0.4, -0.2) is 68.3 Å². The first-order chi connectivity index (χ1) is 17.6. The van der Waals surface area contributed by atoms with Crippen molar-refractivity contribution in [3.63, 3.8) is 0 Å². The van der Waals surface area contributed by atoms with Gasteiger partial charge in [-0.15, -0.1) is 13.2 Å². The van der Waals surface area contributed by atoms with Crippen molar-refractivity contribution in [2.24, 2.45) is 11.8 Å². The van der Waals surface area contributed by atoms with Gasteiger partial charge >= 0.3 is 12.5 Å². The molecule has 1 saturated carbocycles. The molecule has 2 amide bonds. The highest BCUT2D eigenvalue weighted by Gasteiger charge is 2.33. The van der Waals surface area contributed by atoms with E-state index in [0.717, 1.165) is 25.7 Å². The van der Waals surface area contributed by atoms with Crippen LogP contribution in [0.2, 0.25) is 0 Å². The lowest BCUT2D eigenvalue weighted by Gasteiger charge is -2.33. The quantitative estimate of drug-likeness (QED) is 0.446. The van der Waals surface area contributed by atoms with Crippen LogP contribution in [0.4, 0.5) is 23.7 Å². The Morgan fingerprint density at radius 1 is 1.08 bits per heavy atom. The molecule has 1 heterocycles. The summed E-state index contributed by atoms with van der Waals surface area (Å²) >= 11 is 0. The number of benzene rings is 1. The van der Waals surface area contributed by atoms with Crippen molar-refractivity contribution in [1.29, 1.82) is 0 Å². The molecule has 0 spiro atoms. The molecule has 1 aromatic carbocycles. The molecule has 1 aliphatic carbocycles. The normalized spacial score (nSPS) is 18.7.